The van der Waals surface area contributed by atoms with Crippen molar-refractivity contribution >= 4 is 29.9 Å². The van der Waals surface area contributed by atoms with Gasteiger partial charge in [-0.15, -0.1) is 24.0 Å². The lowest BCUT2D eigenvalue weighted by Crippen LogP contribution is -2.70. The lowest BCUT2D eigenvalue weighted by Gasteiger charge is -2.57. The Labute approximate surface area is 152 Å². The summed E-state index contributed by atoms with van der Waals surface area (Å²) in [7, 11) is 0. The van der Waals surface area contributed by atoms with Gasteiger partial charge in [-0.3, -0.25) is 4.99 Å². The fourth-order valence-corrected chi connectivity index (χ4v) is 4.69. The zero-order chi connectivity index (χ0) is 15.1. The molecule has 2 aliphatic carbocycles. The minimum Gasteiger partial charge on any atom is -0.377 e. The summed E-state index contributed by atoms with van der Waals surface area (Å²) in [6.45, 7) is 10.4. The van der Waals surface area contributed by atoms with Crippen molar-refractivity contribution in [3.8, 4) is 0 Å². The number of hydrogen-bond donors (Lipinski definition) is 2. The summed E-state index contributed by atoms with van der Waals surface area (Å²) in [6, 6.07) is 0.549. The average Bonchev–Trinajstić information content (AvgIpc) is 3.02. The van der Waals surface area contributed by atoms with Crippen LogP contribution in [0.25, 0.3) is 0 Å². The molecule has 2 N–H and O–H groups in total. The molecule has 3 rings (SSSR count). The Morgan fingerprint density at radius 2 is 1.95 bits per heavy atom. The highest BCUT2D eigenvalue weighted by Crippen LogP contribution is 2.60. The van der Waals surface area contributed by atoms with Gasteiger partial charge in [0.05, 0.1) is 6.10 Å². The van der Waals surface area contributed by atoms with Crippen molar-refractivity contribution in [2.75, 3.05) is 13.2 Å². The van der Waals surface area contributed by atoms with Crippen LogP contribution >= 0.6 is 24.0 Å². The average molecular weight is 421 g/mol. The second kappa shape index (κ2) is 6.83. The van der Waals surface area contributed by atoms with E-state index in [1.165, 1.54) is 32.1 Å². The van der Waals surface area contributed by atoms with Gasteiger partial charge in [-0.1, -0.05) is 12.8 Å². The first-order valence-corrected chi connectivity index (χ1v) is 8.67. The lowest BCUT2D eigenvalue weighted by atomic mass is 9.54. The molecule has 1 heterocycles. The van der Waals surface area contributed by atoms with Gasteiger partial charge in [0.1, 0.15) is 0 Å². The maximum Gasteiger partial charge on any atom is 0.191 e. The summed E-state index contributed by atoms with van der Waals surface area (Å²) in [6.07, 6.45) is 7.07. The predicted molar refractivity (Wildman–Crippen MR) is 102 cm³/mol. The van der Waals surface area contributed by atoms with Crippen LogP contribution < -0.4 is 10.6 Å². The van der Waals surface area contributed by atoms with Gasteiger partial charge in [0, 0.05) is 36.1 Å². The monoisotopic (exact) mass is 421 g/mol. The molecule has 0 radical (unpaired) electrons. The van der Waals surface area contributed by atoms with E-state index >= 15 is 0 Å². The van der Waals surface area contributed by atoms with E-state index in [1.807, 2.05) is 0 Å². The first-order valence-electron chi connectivity index (χ1n) is 8.67. The number of hydrogen-bond acceptors (Lipinski definition) is 2. The van der Waals surface area contributed by atoms with Crippen LogP contribution in [0.15, 0.2) is 4.99 Å². The van der Waals surface area contributed by atoms with E-state index in [-0.39, 0.29) is 29.5 Å². The number of fused-ring (bicyclic) bond motifs is 2. The number of rotatable bonds is 2. The van der Waals surface area contributed by atoms with Gasteiger partial charge < -0.3 is 15.4 Å². The van der Waals surface area contributed by atoms with Crippen LogP contribution in [-0.4, -0.2) is 36.8 Å². The number of guanidine groups is 1. The minimum atomic E-state index is 0. The van der Waals surface area contributed by atoms with E-state index in [0.717, 1.165) is 19.1 Å². The zero-order valence-corrected chi connectivity index (χ0v) is 16.8. The Balaban J connectivity index is 0.00000176. The molecule has 1 spiro atoms. The minimum absolute atomic E-state index is 0. The third kappa shape index (κ3) is 3.25. The highest BCUT2D eigenvalue weighted by molar-refractivity contribution is 14.0. The molecule has 0 aromatic carbocycles. The summed E-state index contributed by atoms with van der Waals surface area (Å²) >= 11 is 0. The molecule has 22 heavy (non-hydrogen) atoms. The Bertz CT molecular complexity index is 413. The van der Waals surface area contributed by atoms with Crippen molar-refractivity contribution in [3.05, 3.63) is 0 Å². The number of aliphatic imine (C=N–C) groups is 1. The van der Waals surface area contributed by atoms with Crippen LogP contribution in [0.1, 0.15) is 59.8 Å². The maximum atomic E-state index is 6.06. The van der Waals surface area contributed by atoms with Crippen LogP contribution in [0.5, 0.6) is 0 Å². The van der Waals surface area contributed by atoms with Crippen molar-refractivity contribution in [2.24, 2.45) is 16.3 Å². The molecular formula is C17H32IN3O. The van der Waals surface area contributed by atoms with Crippen LogP contribution in [-0.2, 0) is 4.74 Å². The van der Waals surface area contributed by atoms with E-state index in [1.54, 1.807) is 0 Å². The molecular weight excluding hydrogens is 389 g/mol. The molecule has 0 aromatic heterocycles. The second-order valence-electron chi connectivity index (χ2n) is 8.00. The summed E-state index contributed by atoms with van der Waals surface area (Å²) in [5.41, 5.74) is 0.425. The Hall–Kier alpha value is -0.0400. The fourth-order valence-electron chi connectivity index (χ4n) is 4.69. The SMILES string of the molecule is CCN=C(NC1C2CCOC2C12CCCC2)NC(C)(C)C.I. The summed E-state index contributed by atoms with van der Waals surface area (Å²) in [5, 5.41) is 7.31. The van der Waals surface area contributed by atoms with E-state index in [4.69, 9.17) is 4.74 Å². The van der Waals surface area contributed by atoms with Crippen molar-refractivity contribution in [3.63, 3.8) is 0 Å². The number of ether oxygens (including phenoxy) is 1. The highest BCUT2D eigenvalue weighted by atomic mass is 127. The van der Waals surface area contributed by atoms with Gasteiger partial charge in [0.25, 0.3) is 0 Å². The lowest BCUT2D eigenvalue weighted by molar-refractivity contribution is -0.125. The molecule has 1 aliphatic heterocycles. The third-order valence-electron chi connectivity index (χ3n) is 5.39. The van der Waals surface area contributed by atoms with Gasteiger partial charge in [0.15, 0.2) is 5.96 Å². The van der Waals surface area contributed by atoms with Crippen molar-refractivity contribution in [1.29, 1.82) is 0 Å². The Morgan fingerprint density at radius 3 is 2.55 bits per heavy atom. The zero-order valence-electron chi connectivity index (χ0n) is 14.4. The first-order chi connectivity index (χ1) is 9.96. The third-order valence-corrected chi connectivity index (χ3v) is 5.39. The normalized spacial score (nSPS) is 33.1. The van der Waals surface area contributed by atoms with Gasteiger partial charge in [-0.2, -0.15) is 0 Å². The maximum absolute atomic E-state index is 6.06. The first kappa shape index (κ1) is 18.3. The predicted octanol–water partition coefficient (Wildman–Crippen LogP) is 3.31. The smallest absolute Gasteiger partial charge is 0.191 e. The van der Waals surface area contributed by atoms with Crippen LogP contribution in [0.3, 0.4) is 0 Å². The molecule has 3 aliphatic rings. The molecule has 3 atom stereocenters. The molecule has 0 aromatic rings. The molecule has 0 bridgehead atoms. The number of nitrogens with one attached hydrogen (secondary N) is 2. The summed E-state index contributed by atoms with van der Waals surface area (Å²) in [4.78, 5) is 4.65. The van der Waals surface area contributed by atoms with Crippen LogP contribution in [0.4, 0.5) is 0 Å². The molecule has 4 nitrogen and oxygen atoms in total. The quantitative estimate of drug-likeness (QED) is 0.409. The molecule has 0 amide bonds. The van der Waals surface area contributed by atoms with Crippen molar-refractivity contribution in [1.82, 2.24) is 10.6 Å². The van der Waals surface area contributed by atoms with Crippen molar-refractivity contribution in [2.45, 2.75) is 77.5 Å². The van der Waals surface area contributed by atoms with Crippen LogP contribution in [0, 0.1) is 11.3 Å². The highest BCUT2D eigenvalue weighted by Gasteiger charge is 2.65. The van der Waals surface area contributed by atoms with E-state index in [9.17, 15) is 0 Å². The molecule has 5 heteroatoms. The number of halogens is 1. The standard InChI is InChI=1S/C17H31N3O.HI/c1-5-18-15(20-16(2,3)4)19-13-12-8-11-21-14(12)17(13)9-6-7-10-17;/h12-14H,5-11H2,1-4H3,(H2,18,19,20);1H. The second-order valence-corrected chi connectivity index (χ2v) is 8.00. The van der Waals surface area contributed by atoms with Gasteiger partial charge in [-0.05, 0) is 47.0 Å². The summed E-state index contributed by atoms with van der Waals surface area (Å²) < 4.78 is 6.06. The van der Waals surface area contributed by atoms with Gasteiger partial charge >= 0.3 is 0 Å². The molecule has 1 saturated heterocycles. The topological polar surface area (TPSA) is 45.7 Å². The van der Waals surface area contributed by atoms with Gasteiger partial charge in [-0.25, -0.2) is 0 Å². The van der Waals surface area contributed by atoms with E-state index < -0.39 is 0 Å². The molecule has 3 unspecified atom stereocenters. The molecule has 2 saturated carbocycles. The van der Waals surface area contributed by atoms with Gasteiger partial charge in [0.2, 0.25) is 0 Å². The molecule has 128 valence electrons. The fraction of sp³-hybridized carbons (Fsp3) is 0.941. The summed E-state index contributed by atoms with van der Waals surface area (Å²) in [5.74, 6) is 1.67. The Morgan fingerprint density at radius 1 is 1.27 bits per heavy atom. The Kier molecular flexibility index (Phi) is 5.68. The largest absolute Gasteiger partial charge is 0.377 e. The van der Waals surface area contributed by atoms with E-state index in [2.05, 4.69) is 43.3 Å². The van der Waals surface area contributed by atoms with Crippen molar-refractivity contribution < 1.29 is 4.74 Å². The molecule has 3 fully saturated rings. The van der Waals surface area contributed by atoms with E-state index in [0.29, 0.717) is 23.5 Å². The number of nitrogens with zero attached hydrogens (tertiary/aromatic N) is 1. The van der Waals surface area contributed by atoms with Crippen LogP contribution in [0.2, 0.25) is 0 Å².